The molecule has 10 heteroatoms. The average Bonchev–Trinajstić information content (AvgIpc) is 2.16. The van der Waals surface area contributed by atoms with Crippen molar-refractivity contribution in [1.82, 2.24) is 15.2 Å². The predicted octanol–water partition coefficient (Wildman–Crippen LogP) is 0.0706. The first-order valence-corrected chi connectivity index (χ1v) is 3.61. The van der Waals surface area contributed by atoms with E-state index in [1.165, 1.54) is 5.32 Å². The largest absolute Gasteiger partial charge is 0.476 e. The SMILES string of the molecule is O=C(O)c1ncnnc1NC(=O)C(F)(F)F. The highest BCUT2D eigenvalue weighted by Crippen LogP contribution is 2.17. The zero-order valence-electron chi connectivity index (χ0n) is 7.32. The summed E-state index contributed by atoms with van der Waals surface area (Å²) in [5.41, 5.74) is -0.826. The molecule has 1 aromatic rings. The van der Waals surface area contributed by atoms with Gasteiger partial charge in [-0.2, -0.15) is 13.2 Å². The molecule has 0 radical (unpaired) electrons. The van der Waals surface area contributed by atoms with Crippen molar-refractivity contribution < 1.29 is 27.9 Å². The van der Waals surface area contributed by atoms with Crippen molar-refractivity contribution in [1.29, 1.82) is 0 Å². The quantitative estimate of drug-likeness (QED) is 0.752. The van der Waals surface area contributed by atoms with Crippen LogP contribution in [0.25, 0.3) is 0 Å². The molecule has 1 aromatic heterocycles. The number of halogens is 3. The van der Waals surface area contributed by atoms with Gasteiger partial charge in [0.1, 0.15) is 6.33 Å². The minimum atomic E-state index is -5.15. The van der Waals surface area contributed by atoms with Crippen molar-refractivity contribution in [3.8, 4) is 0 Å². The van der Waals surface area contributed by atoms with Crippen LogP contribution in [-0.4, -0.2) is 38.3 Å². The predicted molar refractivity (Wildman–Crippen MR) is 41.5 cm³/mol. The van der Waals surface area contributed by atoms with Gasteiger partial charge in [-0.25, -0.2) is 9.78 Å². The zero-order chi connectivity index (χ0) is 12.3. The lowest BCUT2D eigenvalue weighted by Gasteiger charge is -2.07. The number of aromatic nitrogens is 3. The van der Waals surface area contributed by atoms with Gasteiger partial charge in [0.2, 0.25) is 0 Å². The molecule has 0 bridgehead atoms. The maximum absolute atomic E-state index is 11.8. The van der Waals surface area contributed by atoms with Crippen LogP contribution in [0.15, 0.2) is 6.33 Å². The first-order valence-electron chi connectivity index (χ1n) is 3.61. The normalized spacial score (nSPS) is 10.9. The minimum absolute atomic E-state index is 0.729. The first-order chi connectivity index (χ1) is 7.32. The molecular weight excluding hydrogens is 233 g/mol. The van der Waals surface area contributed by atoms with Gasteiger partial charge >= 0.3 is 18.1 Å². The van der Waals surface area contributed by atoms with E-state index in [-0.39, 0.29) is 0 Å². The molecule has 0 atom stereocenters. The number of hydrogen-bond acceptors (Lipinski definition) is 5. The lowest BCUT2D eigenvalue weighted by Crippen LogP contribution is -2.31. The Bertz CT molecular complexity index is 433. The summed E-state index contributed by atoms with van der Waals surface area (Å²) >= 11 is 0. The Morgan fingerprint density at radius 1 is 1.38 bits per heavy atom. The summed E-state index contributed by atoms with van der Waals surface area (Å²) in [7, 11) is 0. The Kier molecular flexibility index (Phi) is 3.01. The summed E-state index contributed by atoms with van der Waals surface area (Å²) in [6.07, 6.45) is -4.42. The van der Waals surface area contributed by atoms with Crippen molar-refractivity contribution in [3.63, 3.8) is 0 Å². The highest BCUT2D eigenvalue weighted by Gasteiger charge is 2.39. The summed E-state index contributed by atoms with van der Waals surface area (Å²) in [5.74, 6) is -4.85. The Hall–Kier alpha value is -2.26. The summed E-state index contributed by atoms with van der Waals surface area (Å²) in [6.45, 7) is 0. The summed E-state index contributed by atoms with van der Waals surface area (Å²) in [4.78, 5) is 24.1. The first kappa shape index (κ1) is 11.8. The second-order valence-corrected chi connectivity index (χ2v) is 2.41. The van der Waals surface area contributed by atoms with Crippen LogP contribution in [0.3, 0.4) is 0 Å². The van der Waals surface area contributed by atoms with Gasteiger partial charge < -0.3 is 5.11 Å². The maximum atomic E-state index is 11.8. The van der Waals surface area contributed by atoms with Crippen LogP contribution in [0, 0.1) is 0 Å². The number of carbonyl (C=O) groups is 2. The number of nitrogens with one attached hydrogen (secondary N) is 1. The molecule has 0 saturated heterocycles. The molecule has 0 unspecified atom stereocenters. The molecule has 0 spiro atoms. The Morgan fingerprint density at radius 3 is 2.50 bits per heavy atom. The summed E-state index contributed by atoms with van der Waals surface area (Å²) in [5, 5.41) is 15.9. The molecule has 2 N–H and O–H groups in total. The molecule has 1 heterocycles. The van der Waals surface area contributed by atoms with E-state index in [4.69, 9.17) is 5.11 Å². The van der Waals surface area contributed by atoms with E-state index >= 15 is 0 Å². The highest BCUT2D eigenvalue weighted by molar-refractivity contribution is 5.99. The number of carboxylic acids is 1. The van der Waals surface area contributed by atoms with E-state index in [0.29, 0.717) is 0 Å². The van der Waals surface area contributed by atoms with Gasteiger partial charge in [0.25, 0.3) is 0 Å². The molecule has 0 aliphatic carbocycles. The number of anilines is 1. The molecule has 7 nitrogen and oxygen atoms in total. The Labute approximate surface area is 85.3 Å². The Balaban J connectivity index is 2.98. The number of carboxylic acid groups (broad SMARTS) is 1. The number of aromatic carboxylic acids is 1. The van der Waals surface area contributed by atoms with Crippen molar-refractivity contribution in [3.05, 3.63) is 12.0 Å². The van der Waals surface area contributed by atoms with Crippen LogP contribution >= 0.6 is 0 Å². The van der Waals surface area contributed by atoms with Crippen molar-refractivity contribution in [2.75, 3.05) is 5.32 Å². The lowest BCUT2D eigenvalue weighted by atomic mass is 10.4. The van der Waals surface area contributed by atoms with Crippen molar-refractivity contribution >= 4 is 17.7 Å². The van der Waals surface area contributed by atoms with Gasteiger partial charge in [0.05, 0.1) is 0 Å². The molecule has 1 rings (SSSR count). The van der Waals surface area contributed by atoms with Crippen LogP contribution < -0.4 is 5.32 Å². The third kappa shape index (κ3) is 2.62. The number of carbonyl (C=O) groups excluding carboxylic acids is 1. The molecule has 0 fully saturated rings. The van der Waals surface area contributed by atoms with Crippen molar-refractivity contribution in [2.45, 2.75) is 6.18 Å². The van der Waals surface area contributed by atoms with Gasteiger partial charge in [-0.3, -0.25) is 10.1 Å². The summed E-state index contributed by atoms with van der Waals surface area (Å²) < 4.78 is 35.5. The molecule has 0 aromatic carbocycles. The third-order valence-corrected chi connectivity index (χ3v) is 1.31. The minimum Gasteiger partial charge on any atom is -0.476 e. The number of nitrogens with zero attached hydrogens (tertiary/aromatic N) is 3. The molecule has 16 heavy (non-hydrogen) atoms. The maximum Gasteiger partial charge on any atom is 0.471 e. The van der Waals surface area contributed by atoms with Gasteiger partial charge in [0.15, 0.2) is 11.5 Å². The zero-order valence-corrected chi connectivity index (χ0v) is 7.32. The monoisotopic (exact) mass is 236 g/mol. The van der Waals surface area contributed by atoms with E-state index in [2.05, 4.69) is 15.2 Å². The van der Waals surface area contributed by atoms with Crippen LogP contribution in [0.2, 0.25) is 0 Å². The molecule has 0 saturated carbocycles. The van der Waals surface area contributed by atoms with E-state index in [0.717, 1.165) is 6.33 Å². The second-order valence-electron chi connectivity index (χ2n) is 2.41. The van der Waals surface area contributed by atoms with Gasteiger partial charge in [-0.05, 0) is 0 Å². The van der Waals surface area contributed by atoms with Gasteiger partial charge in [-0.1, -0.05) is 0 Å². The lowest BCUT2D eigenvalue weighted by molar-refractivity contribution is -0.167. The third-order valence-electron chi connectivity index (χ3n) is 1.31. The highest BCUT2D eigenvalue weighted by atomic mass is 19.4. The van der Waals surface area contributed by atoms with Crippen LogP contribution in [-0.2, 0) is 4.79 Å². The number of rotatable bonds is 2. The fraction of sp³-hybridized carbons (Fsp3) is 0.167. The fourth-order valence-corrected chi connectivity index (χ4v) is 0.695. The van der Waals surface area contributed by atoms with Crippen molar-refractivity contribution in [2.24, 2.45) is 0 Å². The number of alkyl halides is 3. The van der Waals surface area contributed by atoms with Crippen LogP contribution in [0.5, 0.6) is 0 Å². The van der Waals surface area contributed by atoms with Gasteiger partial charge in [0, 0.05) is 0 Å². The van der Waals surface area contributed by atoms with E-state index in [9.17, 15) is 22.8 Å². The standard InChI is InChI=1S/C6H3F3N4O3/c7-6(8,9)5(16)12-3-2(4(14)15)10-1-11-13-3/h1H,(H,14,15)(H,12,13,16). The second kappa shape index (κ2) is 4.08. The topological polar surface area (TPSA) is 105 Å². The van der Waals surface area contributed by atoms with Crippen LogP contribution in [0.1, 0.15) is 10.5 Å². The molecular formula is C6H3F3N4O3. The molecule has 0 aliphatic heterocycles. The van der Waals surface area contributed by atoms with E-state index in [1.54, 1.807) is 0 Å². The Morgan fingerprint density at radius 2 is 2.00 bits per heavy atom. The average molecular weight is 236 g/mol. The number of amides is 1. The molecule has 0 aliphatic rings. The molecule has 86 valence electrons. The van der Waals surface area contributed by atoms with E-state index < -0.39 is 29.6 Å². The van der Waals surface area contributed by atoms with Crippen LogP contribution in [0.4, 0.5) is 19.0 Å². The van der Waals surface area contributed by atoms with Gasteiger partial charge in [-0.15, -0.1) is 10.2 Å². The smallest absolute Gasteiger partial charge is 0.471 e. The fourth-order valence-electron chi connectivity index (χ4n) is 0.695. The summed E-state index contributed by atoms with van der Waals surface area (Å²) in [6, 6.07) is 0. The molecule has 1 amide bonds. The number of hydrogen-bond donors (Lipinski definition) is 2. The van der Waals surface area contributed by atoms with E-state index in [1.807, 2.05) is 0 Å².